The van der Waals surface area contributed by atoms with Crippen LogP contribution >= 0.6 is 0 Å². The first-order valence-electron chi connectivity index (χ1n) is 11.1. The van der Waals surface area contributed by atoms with Gasteiger partial charge in [-0.1, -0.05) is 24.3 Å². The fourth-order valence-corrected chi connectivity index (χ4v) is 5.15. The molecule has 35 heavy (non-hydrogen) atoms. The molecule has 0 unspecified atom stereocenters. The van der Waals surface area contributed by atoms with Gasteiger partial charge in [0, 0.05) is 66.2 Å². The summed E-state index contributed by atoms with van der Waals surface area (Å²) in [5, 5.41) is 5.83. The molecule has 0 spiro atoms. The van der Waals surface area contributed by atoms with Gasteiger partial charge in [0.2, 0.25) is 10.0 Å². The third-order valence-corrected chi connectivity index (χ3v) is 7.13. The minimum Gasteiger partial charge on any atom is -0.289 e. The second-order valence-corrected chi connectivity index (χ2v) is 10.2. The summed E-state index contributed by atoms with van der Waals surface area (Å²) in [6.07, 6.45) is 7.48. The van der Waals surface area contributed by atoms with E-state index in [1.165, 1.54) is 0 Å². The highest BCUT2D eigenvalue weighted by atomic mass is 32.2. The highest BCUT2D eigenvalue weighted by molar-refractivity contribution is 7.88. The van der Waals surface area contributed by atoms with Gasteiger partial charge in [-0.2, -0.15) is 5.10 Å². The molecule has 176 valence electrons. The normalized spacial score (nSPS) is 11.8. The Morgan fingerprint density at radius 2 is 1.80 bits per heavy atom. The molecule has 0 radical (unpaired) electrons. The molecular weight excluding hydrogens is 462 g/mol. The zero-order valence-corrected chi connectivity index (χ0v) is 19.9. The number of benzene rings is 1. The third kappa shape index (κ3) is 5.11. The molecule has 3 aromatic heterocycles. The van der Waals surface area contributed by atoms with Gasteiger partial charge in [-0.05, 0) is 41.3 Å². The minimum atomic E-state index is -3.59. The van der Waals surface area contributed by atoms with E-state index >= 15 is 0 Å². The molecule has 0 atom stereocenters. The Labute approximate surface area is 202 Å². The van der Waals surface area contributed by atoms with Gasteiger partial charge >= 0.3 is 0 Å². The monoisotopic (exact) mass is 485 g/mol. The molecule has 0 aliphatic carbocycles. The zero-order chi connectivity index (χ0) is 24.4. The lowest BCUT2D eigenvalue weighted by Gasteiger charge is -2.07. The maximum atomic E-state index is 13.5. The fraction of sp³-hybridized carbons (Fsp3) is 0.154. The summed E-state index contributed by atoms with van der Waals surface area (Å²) in [5.74, 6) is -0.222. The summed E-state index contributed by atoms with van der Waals surface area (Å²) < 4.78 is 29.6. The predicted octanol–water partition coefficient (Wildman–Crippen LogP) is 3.21. The maximum absolute atomic E-state index is 13.5. The van der Waals surface area contributed by atoms with E-state index in [1.54, 1.807) is 41.5 Å². The number of aryl methyl sites for hydroxylation is 1. The number of hydrogen-bond donors (Lipinski definition) is 1. The Bertz CT molecular complexity index is 1700. The van der Waals surface area contributed by atoms with Crippen LogP contribution in [0.2, 0.25) is 0 Å². The van der Waals surface area contributed by atoms with Crippen LogP contribution < -0.4 is 10.2 Å². The van der Waals surface area contributed by atoms with E-state index in [4.69, 9.17) is 0 Å². The number of fused-ring (bicyclic) bond motifs is 2. The molecular formula is C26H23N5O3S. The van der Waals surface area contributed by atoms with E-state index in [0.717, 1.165) is 22.2 Å². The number of sulfonamides is 1. The molecule has 9 heteroatoms. The smallest absolute Gasteiger partial charge is 0.215 e. The van der Waals surface area contributed by atoms with Gasteiger partial charge < -0.3 is 0 Å². The Morgan fingerprint density at radius 1 is 0.943 bits per heavy atom. The van der Waals surface area contributed by atoms with Gasteiger partial charge in [0.15, 0.2) is 5.43 Å². The van der Waals surface area contributed by atoms with Crippen molar-refractivity contribution in [2.45, 2.75) is 12.2 Å². The molecule has 0 amide bonds. The molecule has 0 aliphatic heterocycles. The number of aromatic nitrogens is 4. The van der Waals surface area contributed by atoms with Crippen LogP contribution in [0.15, 0.2) is 84.2 Å². The Morgan fingerprint density at radius 3 is 2.57 bits per heavy atom. The van der Waals surface area contributed by atoms with Crippen molar-refractivity contribution < 1.29 is 8.42 Å². The van der Waals surface area contributed by atoms with Crippen molar-refractivity contribution in [3.8, 4) is 11.1 Å². The highest BCUT2D eigenvalue weighted by Crippen LogP contribution is 2.22. The van der Waals surface area contributed by atoms with Crippen LogP contribution in [0.25, 0.3) is 32.8 Å². The molecule has 0 aliphatic rings. The Kier molecular flexibility index (Phi) is 6.10. The average Bonchev–Trinajstić information content (AvgIpc) is 3.23. The zero-order valence-electron chi connectivity index (χ0n) is 19.0. The van der Waals surface area contributed by atoms with Crippen LogP contribution in [0.4, 0.5) is 0 Å². The van der Waals surface area contributed by atoms with Gasteiger partial charge in [-0.3, -0.25) is 19.4 Å². The standard InChI is InChI=1S/C26H23N5O3S/c1-31-16-21(15-29-31)20-13-24-25(28-14-20)8-7-19-6-5-18(12-23(19)26(24)32)17-35(33,34)30-11-9-22-4-2-3-10-27-22/h2-8,10,12-16,30H,9,11,17H2,1H3. The summed E-state index contributed by atoms with van der Waals surface area (Å²) in [6, 6.07) is 16.2. The van der Waals surface area contributed by atoms with Crippen LogP contribution in [-0.4, -0.2) is 34.7 Å². The SMILES string of the molecule is Cn1cc(-c2cnc3ccc4ccc(CS(=O)(=O)NCCc5ccccn5)cc4c(=O)c3c2)cn1. The van der Waals surface area contributed by atoms with Crippen LogP contribution in [0, 0.1) is 0 Å². The number of hydrogen-bond acceptors (Lipinski definition) is 6. The summed E-state index contributed by atoms with van der Waals surface area (Å²) in [5.41, 5.74) is 3.38. The van der Waals surface area contributed by atoms with Crippen LogP contribution in [0.5, 0.6) is 0 Å². The second kappa shape index (κ2) is 9.36. The summed E-state index contributed by atoms with van der Waals surface area (Å²) in [6.45, 7) is 0.252. The van der Waals surface area contributed by atoms with E-state index in [1.807, 2.05) is 49.6 Å². The number of rotatable bonds is 7. The largest absolute Gasteiger partial charge is 0.289 e. The Balaban J connectivity index is 1.45. The van der Waals surface area contributed by atoms with Gasteiger partial charge in [0.25, 0.3) is 0 Å². The maximum Gasteiger partial charge on any atom is 0.215 e. The van der Waals surface area contributed by atoms with Crippen LogP contribution in [0.3, 0.4) is 0 Å². The molecule has 2 aromatic carbocycles. The molecule has 0 bridgehead atoms. The van der Waals surface area contributed by atoms with E-state index in [-0.39, 0.29) is 17.7 Å². The summed E-state index contributed by atoms with van der Waals surface area (Å²) in [4.78, 5) is 22.2. The molecule has 0 fully saturated rings. The summed E-state index contributed by atoms with van der Waals surface area (Å²) >= 11 is 0. The van der Waals surface area contributed by atoms with Crippen molar-refractivity contribution in [1.82, 2.24) is 24.5 Å². The van der Waals surface area contributed by atoms with Gasteiger partial charge in [-0.25, -0.2) is 13.1 Å². The molecule has 0 saturated carbocycles. The lowest BCUT2D eigenvalue weighted by atomic mass is 10.1. The molecule has 0 saturated heterocycles. The van der Waals surface area contributed by atoms with E-state index in [0.29, 0.717) is 28.3 Å². The van der Waals surface area contributed by atoms with E-state index in [2.05, 4.69) is 19.8 Å². The number of pyridine rings is 2. The molecule has 5 rings (SSSR count). The topological polar surface area (TPSA) is 107 Å². The lowest BCUT2D eigenvalue weighted by Crippen LogP contribution is -2.27. The third-order valence-electron chi connectivity index (χ3n) is 5.77. The number of nitrogens with one attached hydrogen (secondary N) is 1. The van der Waals surface area contributed by atoms with E-state index < -0.39 is 10.0 Å². The van der Waals surface area contributed by atoms with Gasteiger partial charge in [0.05, 0.1) is 17.5 Å². The van der Waals surface area contributed by atoms with Crippen LogP contribution in [-0.2, 0) is 29.2 Å². The molecule has 3 heterocycles. The van der Waals surface area contributed by atoms with Gasteiger partial charge in [0.1, 0.15) is 0 Å². The first kappa shape index (κ1) is 22.8. The quantitative estimate of drug-likeness (QED) is 0.379. The van der Waals surface area contributed by atoms with Crippen molar-refractivity contribution in [1.29, 1.82) is 0 Å². The number of nitrogens with zero attached hydrogens (tertiary/aromatic N) is 4. The highest BCUT2D eigenvalue weighted by Gasteiger charge is 2.13. The minimum absolute atomic E-state index is 0.194. The van der Waals surface area contributed by atoms with Crippen molar-refractivity contribution in [3.63, 3.8) is 0 Å². The first-order valence-corrected chi connectivity index (χ1v) is 12.8. The van der Waals surface area contributed by atoms with Gasteiger partial charge in [-0.15, -0.1) is 0 Å². The molecule has 1 N–H and O–H groups in total. The predicted molar refractivity (Wildman–Crippen MR) is 136 cm³/mol. The van der Waals surface area contributed by atoms with Crippen molar-refractivity contribution in [2.75, 3.05) is 6.54 Å². The van der Waals surface area contributed by atoms with Crippen molar-refractivity contribution >= 4 is 31.7 Å². The van der Waals surface area contributed by atoms with Crippen molar-refractivity contribution in [2.24, 2.45) is 7.05 Å². The molecule has 5 aromatic rings. The van der Waals surface area contributed by atoms with Crippen LogP contribution in [0.1, 0.15) is 11.3 Å². The van der Waals surface area contributed by atoms with E-state index in [9.17, 15) is 13.2 Å². The average molecular weight is 486 g/mol. The first-order chi connectivity index (χ1) is 16.9. The second-order valence-electron chi connectivity index (χ2n) is 8.37. The Hall–Kier alpha value is -3.95. The lowest BCUT2D eigenvalue weighted by molar-refractivity contribution is 0.580. The summed E-state index contributed by atoms with van der Waals surface area (Å²) in [7, 11) is -1.76. The fourth-order valence-electron chi connectivity index (χ4n) is 4.02. The molecule has 8 nitrogen and oxygen atoms in total. The van der Waals surface area contributed by atoms with Crippen molar-refractivity contribution in [3.05, 3.63) is 101 Å².